The quantitative estimate of drug-likeness (QED) is 0.313. The summed E-state index contributed by atoms with van der Waals surface area (Å²) in [6.07, 6.45) is 0. The maximum absolute atomic E-state index is 13.2. The van der Waals surface area contributed by atoms with Crippen LogP contribution in [-0.4, -0.2) is 15.7 Å². The Morgan fingerprint density at radius 3 is 1.89 bits per heavy atom. The molecule has 6 heteroatoms. The molecule has 0 aliphatic rings. The fourth-order valence-electron chi connectivity index (χ4n) is 4.15. The number of hydrogen-bond acceptors (Lipinski definition) is 4. The molecule has 0 aliphatic carbocycles. The van der Waals surface area contributed by atoms with Crippen molar-refractivity contribution < 1.29 is 9.53 Å². The van der Waals surface area contributed by atoms with Crippen LogP contribution in [0.25, 0.3) is 10.8 Å². The van der Waals surface area contributed by atoms with Crippen molar-refractivity contribution >= 4 is 16.7 Å². The van der Waals surface area contributed by atoms with E-state index in [1.54, 1.807) is 24.3 Å². The Morgan fingerprint density at radius 2 is 1.22 bits per heavy atom. The van der Waals surface area contributed by atoms with Gasteiger partial charge in [-0.1, -0.05) is 103 Å². The van der Waals surface area contributed by atoms with Gasteiger partial charge in [0.2, 0.25) is 0 Å². The van der Waals surface area contributed by atoms with E-state index in [1.807, 2.05) is 84.9 Å². The van der Waals surface area contributed by atoms with Gasteiger partial charge in [-0.2, -0.15) is 5.10 Å². The summed E-state index contributed by atoms with van der Waals surface area (Å²) in [7, 11) is 0. The molecule has 1 N–H and O–H groups in total. The molecule has 1 heterocycles. The molecule has 0 atom stereocenters. The smallest absolute Gasteiger partial charge is 0.274 e. The molecular weight excluding hydrogens is 462 g/mol. The molecular formula is C31H27N3O3. The highest BCUT2D eigenvalue weighted by molar-refractivity contribution is 6.04. The van der Waals surface area contributed by atoms with E-state index in [9.17, 15) is 9.59 Å². The molecule has 6 nitrogen and oxygen atoms in total. The van der Waals surface area contributed by atoms with E-state index in [0.717, 1.165) is 22.3 Å². The van der Waals surface area contributed by atoms with Crippen molar-refractivity contribution in [2.45, 2.75) is 26.3 Å². The molecule has 0 radical (unpaired) electrons. The first-order valence-electron chi connectivity index (χ1n) is 12.2. The van der Waals surface area contributed by atoms with Crippen LogP contribution in [0.3, 0.4) is 0 Å². The van der Waals surface area contributed by atoms with E-state index in [0.29, 0.717) is 37.1 Å². The molecule has 0 saturated heterocycles. The fraction of sp³-hybridized carbons (Fsp3) is 0.129. The highest BCUT2D eigenvalue weighted by Crippen LogP contribution is 2.15. The molecule has 0 aliphatic heterocycles. The largest absolute Gasteiger partial charge is 0.372 e. The van der Waals surface area contributed by atoms with Gasteiger partial charge in [-0.3, -0.25) is 9.59 Å². The van der Waals surface area contributed by atoms with Crippen LogP contribution in [0.2, 0.25) is 0 Å². The van der Waals surface area contributed by atoms with Gasteiger partial charge >= 0.3 is 0 Å². The van der Waals surface area contributed by atoms with Gasteiger partial charge in [-0.05, 0) is 28.3 Å². The summed E-state index contributed by atoms with van der Waals surface area (Å²) >= 11 is 0. The summed E-state index contributed by atoms with van der Waals surface area (Å²) in [5.74, 6) is -0.326. The average molecular weight is 490 g/mol. The lowest BCUT2D eigenvalue weighted by atomic mass is 10.1. The molecule has 0 unspecified atom stereocenters. The maximum Gasteiger partial charge on any atom is 0.274 e. The van der Waals surface area contributed by atoms with Crippen LogP contribution < -0.4 is 10.9 Å². The third kappa shape index (κ3) is 6.00. The van der Waals surface area contributed by atoms with Gasteiger partial charge in [-0.25, -0.2) is 4.68 Å². The first-order valence-corrected chi connectivity index (χ1v) is 12.2. The van der Waals surface area contributed by atoms with Gasteiger partial charge in [0.05, 0.1) is 25.1 Å². The van der Waals surface area contributed by atoms with Crippen LogP contribution in [-0.2, 0) is 31.0 Å². The number of aromatic nitrogens is 2. The number of fused-ring (bicyclic) bond motifs is 1. The van der Waals surface area contributed by atoms with Crippen LogP contribution in [0.4, 0.5) is 0 Å². The van der Waals surface area contributed by atoms with Crippen molar-refractivity contribution in [2.24, 2.45) is 0 Å². The molecule has 1 aromatic heterocycles. The lowest BCUT2D eigenvalue weighted by Gasteiger charge is -2.12. The van der Waals surface area contributed by atoms with Crippen molar-refractivity contribution in [3.8, 4) is 0 Å². The lowest BCUT2D eigenvalue weighted by Crippen LogP contribution is -2.30. The van der Waals surface area contributed by atoms with Gasteiger partial charge in [0.1, 0.15) is 0 Å². The summed E-state index contributed by atoms with van der Waals surface area (Å²) < 4.78 is 7.16. The molecule has 184 valence electrons. The van der Waals surface area contributed by atoms with Gasteiger partial charge in [0.15, 0.2) is 5.69 Å². The summed E-state index contributed by atoms with van der Waals surface area (Å²) in [6, 6.07) is 34.7. The maximum atomic E-state index is 13.2. The van der Waals surface area contributed by atoms with E-state index in [4.69, 9.17) is 4.74 Å². The van der Waals surface area contributed by atoms with E-state index >= 15 is 0 Å². The SMILES string of the molecule is O=C(NCc1ccc(COCc2ccccc2)cc1)c1nn(Cc2ccccc2)c(=O)c2ccccc12. The van der Waals surface area contributed by atoms with Gasteiger partial charge in [0.25, 0.3) is 11.5 Å². The number of benzene rings is 4. The Kier molecular flexibility index (Phi) is 7.48. The van der Waals surface area contributed by atoms with E-state index in [2.05, 4.69) is 10.4 Å². The molecule has 0 fully saturated rings. The second-order valence-electron chi connectivity index (χ2n) is 8.82. The number of rotatable bonds is 9. The molecule has 37 heavy (non-hydrogen) atoms. The minimum absolute atomic E-state index is 0.221. The number of carbonyl (C=O) groups is 1. The minimum atomic E-state index is -0.326. The normalized spacial score (nSPS) is 10.9. The van der Waals surface area contributed by atoms with Crippen molar-refractivity contribution in [2.75, 3.05) is 0 Å². The summed E-state index contributed by atoms with van der Waals surface area (Å²) in [5.41, 5.74) is 4.11. The van der Waals surface area contributed by atoms with Crippen LogP contribution in [0.15, 0.2) is 114 Å². The number of carbonyl (C=O) groups excluding carboxylic acids is 1. The van der Waals surface area contributed by atoms with Crippen LogP contribution in [0.5, 0.6) is 0 Å². The predicted molar refractivity (Wildman–Crippen MR) is 144 cm³/mol. The zero-order valence-electron chi connectivity index (χ0n) is 20.3. The summed E-state index contributed by atoms with van der Waals surface area (Å²) in [4.78, 5) is 26.2. The molecule has 5 aromatic rings. The standard InChI is InChI=1S/C31H27N3O3/c35-30(32-19-23-15-17-26(18-16-23)22-37-21-25-11-5-2-6-12-25)29-27-13-7-8-14-28(27)31(36)34(33-29)20-24-9-3-1-4-10-24/h1-18H,19-22H2,(H,32,35). The van der Waals surface area contributed by atoms with Crippen molar-refractivity contribution in [3.05, 3.63) is 147 Å². The average Bonchev–Trinajstić information content (AvgIpc) is 2.95. The van der Waals surface area contributed by atoms with Crippen LogP contribution in [0, 0.1) is 0 Å². The monoisotopic (exact) mass is 489 g/mol. The van der Waals surface area contributed by atoms with Gasteiger partial charge in [-0.15, -0.1) is 0 Å². The Bertz CT molecular complexity index is 1550. The summed E-state index contributed by atoms with van der Waals surface area (Å²) in [5, 5.41) is 8.42. The lowest BCUT2D eigenvalue weighted by molar-refractivity contribution is 0.0945. The molecule has 5 rings (SSSR count). The highest BCUT2D eigenvalue weighted by Gasteiger charge is 2.16. The topological polar surface area (TPSA) is 73.2 Å². The zero-order chi connectivity index (χ0) is 25.5. The highest BCUT2D eigenvalue weighted by atomic mass is 16.5. The number of hydrogen-bond donors (Lipinski definition) is 1. The van der Waals surface area contributed by atoms with Crippen molar-refractivity contribution in [1.29, 1.82) is 0 Å². The first kappa shape index (κ1) is 24.2. The van der Waals surface area contributed by atoms with E-state index < -0.39 is 0 Å². The van der Waals surface area contributed by atoms with Crippen molar-refractivity contribution in [3.63, 3.8) is 0 Å². The third-order valence-corrected chi connectivity index (χ3v) is 6.11. The predicted octanol–water partition coefficient (Wildman–Crippen LogP) is 5.09. The van der Waals surface area contributed by atoms with Crippen molar-refractivity contribution in [1.82, 2.24) is 15.1 Å². The van der Waals surface area contributed by atoms with Crippen LogP contribution >= 0.6 is 0 Å². The minimum Gasteiger partial charge on any atom is -0.372 e. The second kappa shape index (κ2) is 11.5. The van der Waals surface area contributed by atoms with E-state index in [-0.39, 0.29) is 17.2 Å². The molecule has 0 saturated carbocycles. The Hall–Kier alpha value is -4.55. The van der Waals surface area contributed by atoms with Gasteiger partial charge < -0.3 is 10.1 Å². The number of nitrogens with one attached hydrogen (secondary N) is 1. The Labute approximate surface area is 215 Å². The molecule has 0 bridgehead atoms. The fourth-order valence-corrected chi connectivity index (χ4v) is 4.15. The number of ether oxygens (including phenoxy) is 1. The second-order valence-corrected chi connectivity index (χ2v) is 8.82. The molecule has 4 aromatic carbocycles. The van der Waals surface area contributed by atoms with Crippen LogP contribution in [0.1, 0.15) is 32.7 Å². The zero-order valence-corrected chi connectivity index (χ0v) is 20.3. The summed E-state index contributed by atoms with van der Waals surface area (Å²) in [6.45, 7) is 1.71. The third-order valence-electron chi connectivity index (χ3n) is 6.11. The van der Waals surface area contributed by atoms with E-state index in [1.165, 1.54) is 4.68 Å². The van der Waals surface area contributed by atoms with Gasteiger partial charge in [0, 0.05) is 11.9 Å². The number of nitrogens with zero attached hydrogens (tertiary/aromatic N) is 2. The molecule has 0 spiro atoms. The number of amides is 1. The Morgan fingerprint density at radius 1 is 0.676 bits per heavy atom. The Balaban J connectivity index is 1.26. The first-order chi connectivity index (χ1) is 18.2. The molecule has 1 amide bonds.